The summed E-state index contributed by atoms with van der Waals surface area (Å²) in [4.78, 5) is 0. The molecule has 2 aliphatic rings. The van der Waals surface area contributed by atoms with Crippen molar-refractivity contribution in [3.8, 4) is 0 Å². The molecule has 0 aromatic heterocycles. The fourth-order valence-electron chi connectivity index (χ4n) is 1.79. The Morgan fingerprint density at radius 3 is 1.86 bits per heavy atom. The summed E-state index contributed by atoms with van der Waals surface area (Å²) in [7, 11) is 0. The number of allylic oxidation sites excluding steroid dienone is 5. The summed E-state index contributed by atoms with van der Waals surface area (Å²) in [5.41, 5.74) is 0. The molecule has 14 heavy (non-hydrogen) atoms. The molecule has 0 heterocycles. The minimum absolute atomic E-state index is 0.764. The summed E-state index contributed by atoms with van der Waals surface area (Å²) in [5, 5.41) is 0. The van der Waals surface area contributed by atoms with E-state index in [0.29, 0.717) is 0 Å². The smallest absolute Gasteiger partial charge is 0.0199 e. The quantitative estimate of drug-likeness (QED) is 0.528. The first-order valence-electron chi connectivity index (χ1n) is 5.86. The molecule has 0 spiro atoms. The molecule has 0 saturated carbocycles. The highest BCUT2D eigenvalue weighted by Gasteiger charge is 2.02. The van der Waals surface area contributed by atoms with Crippen molar-refractivity contribution in [2.45, 2.75) is 44.9 Å². The predicted molar refractivity (Wildman–Crippen MR) is 64.3 cm³/mol. The molecule has 0 fully saturated rings. The van der Waals surface area contributed by atoms with Gasteiger partial charge in [-0.05, 0) is 50.9 Å². The van der Waals surface area contributed by atoms with Gasteiger partial charge in [0.1, 0.15) is 0 Å². The lowest BCUT2D eigenvalue weighted by atomic mass is 9.95. The summed E-state index contributed by atoms with van der Waals surface area (Å²) in [6, 6.07) is 0. The maximum Gasteiger partial charge on any atom is -0.0199 e. The lowest BCUT2D eigenvalue weighted by molar-refractivity contribution is 0.585. The van der Waals surface area contributed by atoms with Crippen molar-refractivity contribution in [1.29, 1.82) is 0 Å². The van der Waals surface area contributed by atoms with Crippen molar-refractivity contribution in [1.82, 2.24) is 0 Å². The van der Waals surface area contributed by atoms with Gasteiger partial charge in [0.05, 0.1) is 0 Å². The normalized spacial score (nSPS) is 25.0. The van der Waals surface area contributed by atoms with Crippen molar-refractivity contribution < 1.29 is 0 Å². The van der Waals surface area contributed by atoms with Crippen molar-refractivity contribution in [2.75, 3.05) is 0 Å². The summed E-state index contributed by atoms with van der Waals surface area (Å²) < 4.78 is 0. The third-order valence-corrected chi connectivity index (χ3v) is 2.80. The molecule has 0 N–H and O–H groups in total. The zero-order chi connectivity index (χ0) is 10.1. The molecule has 2 aliphatic carbocycles. The van der Waals surface area contributed by atoms with E-state index in [9.17, 15) is 0 Å². The van der Waals surface area contributed by atoms with Crippen LogP contribution in [0.25, 0.3) is 0 Å². The Balaban J connectivity index is 0.000000146. The molecule has 0 bridgehead atoms. The third kappa shape index (κ3) is 5.06. The van der Waals surface area contributed by atoms with Gasteiger partial charge in [-0.3, -0.25) is 0 Å². The minimum atomic E-state index is 0.764. The van der Waals surface area contributed by atoms with Gasteiger partial charge in [0, 0.05) is 0 Å². The summed E-state index contributed by atoms with van der Waals surface area (Å²) in [5.74, 6) is 0.764. The molecule has 2 rings (SSSR count). The molecule has 0 amide bonds. The van der Waals surface area contributed by atoms with Gasteiger partial charge < -0.3 is 0 Å². The van der Waals surface area contributed by atoms with E-state index in [-0.39, 0.29) is 0 Å². The molecule has 0 aromatic rings. The van der Waals surface area contributed by atoms with Crippen LogP contribution in [0.5, 0.6) is 0 Å². The largest absolute Gasteiger partial charge is 0.103 e. The number of hydrogen-bond donors (Lipinski definition) is 0. The zero-order valence-corrected chi connectivity index (χ0v) is 9.12. The number of hydrogen-bond acceptors (Lipinski definition) is 0. The zero-order valence-electron chi connectivity index (χ0n) is 9.12. The van der Waals surface area contributed by atoms with Crippen LogP contribution in [-0.2, 0) is 0 Å². The highest BCUT2D eigenvalue weighted by molar-refractivity contribution is 4.95. The average Bonchev–Trinajstić information content (AvgIpc) is 2.33. The first-order chi connectivity index (χ1) is 6.93. The Labute approximate surface area is 88.4 Å². The highest BCUT2D eigenvalue weighted by atomic mass is 14.1. The lowest BCUT2D eigenvalue weighted by Gasteiger charge is -2.11. The molecule has 0 saturated heterocycles. The Hall–Kier alpha value is -0.780. The van der Waals surface area contributed by atoms with E-state index in [2.05, 4.69) is 37.0 Å². The standard InChI is InChI=1S/C8H12.C6H10/c1-2-8-6-4-3-5-7-8;1-2-4-6-5-3-1/h2-4,8H,1,5-7H2;1-2H,3-6H2. The molecule has 0 heteroatoms. The van der Waals surface area contributed by atoms with E-state index >= 15 is 0 Å². The molecule has 1 unspecified atom stereocenters. The molecular weight excluding hydrogens is 168 g/mol. The molecule has 1 atom stereocenters. The molecule has 0 nitrogen and oxygen atoms in total. The van der Waals surface area contributed by atoms with Gasteiger partial charge in [-0.15, -0.1) is 6.58 Å². The second-order valence-electron chi connectivity index (χ2n) is 4.04. The van der Waals surface area contributed by atoms with E-state index in [1.54, 1.807) is 0 Å². The summed E-state index contributed by atoms with van der Waals surface area (Å²) in [6.07, 6.45) is 20.3. The Bertz CT molecular complexity index is 190. The number of rotatable bonds is 1. The third-order valence-electron chi connectivity index (χ3n) is 2.80. The topological polar surface area (TPSA) is 0 Å². The van der Waals surface area contributed by atoms with Gasteiger partial charge in [-0.25, -0.2) is 0 Å². The van der Waals surface area contributed by atoms with Crippen molar-refractivity contribution in [2.24, 2.45) is 5.92 Å². The molecule has 0 aromatic carbocycles. The van der Waals surface area contributed by atoms with Gasteiger partial charge >= 0.3 is 0 Å². The molecule has 0 radical (unpaired) electrons. The van der Waals surface area contributed by atoms with Crippen LogP contribution in [0.4, 0.5) is 0 Å². The second-order valence-corrected chi connectivity index (χ2v) is 4.04. The highest BCUT2D eigenvalue weighted by Crippen LogP contribution is 2.17. The van der Waals surface area contributed by atoms with Crippen LogP contribution >= 0.6 is 0 Å². The minimum Gasteiger partial charge on any atom is -0.103 e. The van der Waals surface area contributed by atoms with Gasteiger partial charge in [0.25, 0.3) is 0 Å². The van der Waals surface area contributed by atoms with Crippen LogP contribution in [0.2, 0.25) is 0 Å². The Morgan fingerprint density at radius 2 is 1.57 bits per heavy atom. The van der Waals surface area contributed by atoms with E-state index in [4.69, 9.17) is 0 Å². The van der Waals surface area contributed by atoms with Crippen LogP contribution in [0.1, 0.15) is 44.9 Å². The second kappa shape index (κ2) is 7.61. The Kier molecular flexibility index (Phi) is 6.14. The van der Waals surface area contributed by atoms with Crippen LogP contribution in [0.15, 0.2) is 37.0 Å². The molecule has 78 valence electrons. The monoisotopic (exact) mass is 190 g/mol. The fraction of sp³-hybridized carbons (Fsp3) is 0.571. The molecule has 0 aliphatic heterocycles. The maximum absolute atomic E-state index is 3.75. The average molecular weight is 190 g/mol. The predicted octanol–water partition coefficient (Wildman–Crippen LogP) is 4.65. The van der Waals surface area contributed by atoms with Crippen LogP contribution in [0.3, 0.4) is 0 Å². The van der Waals surface area contributed by atoms with Crippen LogP contribution < -0.4 is 0 Å². The SMILES string of the molecule is C1=CCCCC1.C=CC1CC=CCC1. The van der Waals surface area contributed by atoms with E-state index in [0.717, 1.165) is 5.92 Å². The van der Waals surface area contributed by atoms with Crippen LogP contribution in [-0.4, -0.2) is 0 Å². The van der Waals surface area contributed by atoms with Gasteiger partial charge in [0.2, 0.25) is 0 Å². The van der Waals surface area contributed by atoms with Gasteiger partial charge in [-0.1, -0.05) is 30.4 Å². The van der Waals surface area contributed by atoms with E-state index < -0.39 is 0 Å². The summed E-state index contributed by atoms with van der Waals surface area (Å²) >= 11 is 0. The molecular formula is C14H22. The van der Waals surface area contributed by atoms with Crippen molar-refractivity contribution in [3.05, 3.63) is 37.0 Å². The van der Waals surface area contributed by atoms with Gasteiger partial charge in [0.15, 0.2) is 0 Å². The van der Waals surface area contributed by atoms with Crippen molar-refractivity contribution in [3.63, 3.8) is 0 Å². The van der Waals surface area contributed by atoms with Crippen LogP contribution in [0, 0.1) is 5.92 Å². The van der Waals surface area contributed by atoms with E-state index in [1.165, 1.54) is 44.9 Å². The maximum atomic E-state index is 3.75. The first kappa shape index (κ1) is 11.3. The first-order valence-corrected chi connectivity index (χ1v) is 5.86. The van der Waals surface area contributed by atoms with Crippen molar-refractivity contribution >= 4 is 0 Å². The summed E-state index contributed by atoms with van der Waals surface area (Å²) in [6.45, 7) is 3.75. The van der Waals surface area contributed by atoms with Gasteiger partial charge in [-0.2, -0.15) is 0 Å². The Morgan fingerprint density at radius 1 is 0.929 bits per heavy atom. The van der Waals surface area contributed by atoms with E-state index in [1.807, 2.05) is 0 Å². The fourth-order valence-corrected chi connectivity index (χ4v) is 1.79. The lowest BCUT2D eigenvalue weighted by Crippen LogP contribution is -1.96.